The van der Waals surface area contributed by atoms with Gasteiger partial charge in [0.2, 0.25) is 5.43 Å². The van der Waals surface area contributed by atoms with E-state index < -0.39 is 28.5 Å². The zero-order valence-corrected chi connectivity index (χ0v) is 10.3. The highest BCUT2D eigenvalue weighted by Gasteiger charge is 2.16. The summed E-state index contributed by atoms with van der Waals surface area (Å²) in [4.78, 5) is 22.8. The number of hydrogen-bond acceptors (Lipinski definition) is 3. The second-order valence-electron chi connectivity index (χ2n) is 4.04. The third kappa shape index (κ3) is 2.29. The van der Waals surface area contributed by atoms with E-state index in [9.17, 15) is 18.4 Å². The summed E-state index contributed by atoms with van der Waals surface area (Å²) in [5, 5.41) is 3.74. The first kappa shape index (κ1) is 13.1. The molecule has 0 aliphatic carbocycles. The van der Waals surface area contributed by atoms with Gasteiger partial charge in [0.25, 0.3) is 0 Å². The fourth-order valence-electron chi connectivity index (χ4n) is 1.71. The van der Waals surface area contributed by atoms with Gasteiger partial charge in [-0.15, -0.1) is 0 Å². The molecule has 0 spiro atoms. The second-order valence-corrected chi connectivity index (χ2v) is 4.04. The third-order valence-electron chi connectivity index (χ3n) is 2.59. The van der Waals surface area contributed by atoms with Crippen molar-refractivity contribution in [2.24, 2.45) is 0 Å². The number of nitrogens with zero attached hydrogens (tertiary/aromatic N) is 2. The fourth-order valence-corrected chi connectivity index (χ4v) is 1.71. The molecule has 6 heteroatoms. The smallest absolute Gasteiger partial charge is 0.211 e. The molecule has 2 rings (SSSR count). The Hall–Kier alpha value is -2.37. The highest BCUT2D eigenvalue weighted by atomic mass is 19.1. The highest BCUT2D eigenvalue weighted by Crippen LogP contribution is 2.17. The topological polar surface area (TPSA) is 52.0 Å². The summed E-state index contributed by atoms with van der Waals surface area (Å²) in [6.45, 7) is 2.64. The van der Waals surface area contributed by atoms with E-state index in [1.807, 2.05) is 0 Å². The zero-order valence-electron chi connectivity index (χ0n) is 10.3. The minimum Gasteiger partial charge on any atom is -0.293 e. The van der Waals surface area contributed by atoms with Crippen LogP contribution in [0.4, 0.5) is 8.78 Å². The molecule has 0 saturated carbocycles. The van der Waals surface area contributed by atoms with Crippen LogP contribution in [0.5, 0.6) is 0 Å². The summed E-state index contributed by atoms with van der Waals surface area (Å²) in [5.74, 6) is -2.21. The van der Waals surface area contributed by atoms with E-state index in [-0.39, 0.29) is 11.4 Å². The zero-order chi connectivity index (χ0) is 14.2. The van der Waals surface area contributed by atoms with Gasteiger partial charge in [0.05, 0.1) is 0 Å². The third-order valence-corrected chi connectivity index (χ3v) is 2.59. The number of para-hydroxylation sites is 1. The maximum atomic E-state index is 13.7. The lowest BCUT2D eigenvalue weighted by atomic mass is 10.2. The molecule has 1 aromatic carbocycles. The lowest BCUT2D eigenvalue weighted by molar-refractivity contribution is 0.101. The van der Waals surface area contributed by atoms with Crippen molar-refractivity contribution < 1.29 is 13.6 Å². The normalized spacial score (nSPS) is 10.5. The van der Waals surface area contributed by atoms with Crippen molar-refractivity contribution in [3.63, 3.8) is 0 Å². The second kappa shape index (κ2) is 4.72. The Morgan fingerprint density at radius 2 is 1.84 bits per heavy atom. The molecule has 0 N–H and O–H groups in total. The van der Waals surface area contributed by atoms with E-state index >= 15 is 0 Å². The van der Waals surface area contributed by atoms with Crippen LogP contribution in [0.3, 0.4) is 0 Å². The van der Waals surface area contributed by atoms with E-state index in [0.717, 1.165) is 22.9 Å². The molecule has 0 radical (unpaired) electrons. The predicted molar refractivity (Wildman–Crippen MR) is 64.5 cm³/mol. The molecule has 0 fully saturated rings. The standard InChI is InChI=1S/C13H10F2N2O2/c1-7-6-11(19)12(8(2)18)16-17(7)13-9(14)4-3-5-10(13)15/h3-6H,1-2H3. The van der Waals surface area contributed by atoms with Gasteiger partial charge in [-0.05, 0) is 19.1 Å². The lowest BCUT2D eigenvalue weighted by Crippen LogP contribution is -2.22. The van der Waals surface area contributed by atoms with Gasteiger partial charge in [-0.1, -0.05) is 6.07 Å². The number of carbonyl (C=O) groups is 1. The molecule has 1 aromatic heterocycles. The molecule has 98 valence electrons. The van der Waals surface area contributed by atoms with Gasteiger partial charge in [-0.25, -0.2) is 13.5 Å². The maximum absolute atomic E-state index is 13.7. The van der Waals surface area contributed by atoms with Gasteiger partial charge < -0.3 is 0 Å². The summed E-state index contributed by atoms with van der Waals surface area (Å²) in [6, 6.07) is 4.49. The number of Topliss-reactive ketones (excluding diaryl/α,β-unsaturated/α-hetero) is 1. The average Bonchev–Trinajstić information content (AvgIpc) is 2.30. The molecule has 0 aliphatic heterocycles. The Labute approximate surface area is 107 Å². The Balaban J connectivity index is 2.80. The van der Waals surface area contributed by atoms with Gasteiger partial charge in [0.1, 0.15) is 5.69 Å². The van der Waals surface area contributed by atoms with E-state index in [4.69, 9.17) is 0 Å². The first-order valence-electron chi connectivity index (χ1n) is 5.48. The summed E-state index contributed by atoms with van der Waals surface area (Å²) in [5.41, 5.74) is -1.10. The van der Waals surface area contributed by atoms with E-state index in [1.54, 1.807) is 0 Å². The molecule has 2 aromatic rings. The lowest BCUT2D eigenvalue weighted by Gasteiger charge is -2.11. The van der Waals surface area contributed by atoms with Crippen LogP contribution in [-0.4, -0.2) is 15.6 Å². The number of carbonyl (C=O) groups excluding carboxylic acids is 1. The van der Waals surface area contributed by atoms with Crippen LogP contribution in [0.2, 0.25) is 0 Å². The van der Waals surface area contributed by atoms with Crippen LogP contribution in [0.1, 0.15) is 23.1 Å². The van der Waals surface area contributed by atoms with E-state index in [0.29, 0.717) is 0 Å². The summed E-state index contributed by atoms with van der Waals surface area (Å²) >= 11 is 0. The van der Waals surface area contributed by atoms with Gasteiger partial charge in [0.15, 0.2) is 23.1 Å². The average molecular weight is 264 g/mol. The molecule has 0 aliphatic rings. The predicted octanol–water partition coefficient (Wildman–Crippen LogP) is 2.02. The summed E-state index contributed by atoms with van der Waals surface area (Å²) < 4.78 is 28.3. The maximum Gasteiger partial charge on any atom is 0.211 e. The minimum atomic E-state index is -0.825. The van der Waals surface area contributed by atoms with Crippen molar-refractivity contribution in [3.05, 3.63) is 57.5 Å². The van der Waals surface area contributed by atoms with Crippen molar-refractivity contribution >= 4 is 5.78 Å². The van der Waals surface area contributed by atoms with Crippen molar-refractivity contribution in [3.8, 4) is 5.69 Å². The summed E-state index contributed by atoms with van der Waals surface area (Å²) in [6.07, 6.45) is 0. The van der Waals surface area contributed by atoms with Gasteiger partial charge in [0, 0.05) is 18.7 Å². The molecular weight excluding hydrogens is 254 g/mol. The van der Waals surface area contributed by atoms with Gasteiger partial charge in [-0.2, -0.15) is 5.10 Å². The van der Waals surface area contributed by atoms with Crippen molar-refractivity contribution in [1.29, 1.82) is 0 Å². The number of hydrogen-bond donors (Lipinski definition) is 0. The van der Waals surface area contributed by atoms with Crippen molar-refractivity contribution in [2.75, 3.05) is 0 Å². The Kier molecular flexibility index (Phi) is 3.25. The van der Waals surface area contributed by atoms with E-state index in [2.05, 4.69) is 5.10 Å². The minimum absolute atomic E-state index is 0.235. The molecule has 4 nitrogen and oxygen atoms in total. The largest absolute Gasteiger partial charge is 0.293 e. The number of ketones is 1. The monoisotopic (exact) mass is 264 g/mol. The number of aromatic nitrogens is 2. The van der Waals surface area contributed by atoms with Crippen LogP contribution < -0.4 is 5.43 Å². The van der Waals surface area contributed by atoms with Gasteiger partial charge >= 0.3 is 0 Å². The Morgan fingerprint density at radius 1 is 1.26 bits per heavy atom. The number of benzene rings is 1. The molecule has 19 heavy (non-hydrogen) atoms. The van der Waals surface area contributed by atoms with Crippen molar-refractivity contribution in [1.82, 2.24) is 9.78 Å². The fraction of sp³-hybridized carbons (Fsp3) is 0.154. The summed E-state index contributed by atoms with van der Waals surface area (Å²) in [7, 11) is 0. The molecule has 1 heterocycles. The van der Waals surface area contributed by atoms with Crippen molar-refractivity contribution in [2.45, 2.75) is 13.8 Å². The highest BCUT2D eigenvalue weighted by molar-refractivity contribution is 5.91. The van der Waals surface area contributed by atoms with Crippen LogP contribution in [0.15, 0.2) is 29.1 Å². The molecule has 0 amide bonds. The SMILES string of the molecule is CC(=O)c1nn(-c2c(F)cccc2F)c(C)cc1=O. The van der Waals surface area contributed by atoms with Crippen LogP contribution in [0, 0.1) is 18.6 Å². The van der Waals surface area contributed by atoms with Crippen LogP contribution in [0.25, 0.3) is 5.69 Å². The molecule has 0 bridgehead atoms. The number of rotatable bonds is 2. The molecule has 0 atom stereocenters. The molecule has 0 unspecified atom stereocenters. The molecular formula is C13H10F2N2O2. The Bertz CT molecular complexity index is 703. The number of aryl methyl sites for hydroxylation is 1. The van der Waals surface area contributed by atoms with Gasteiger partial charge in [-0.3, -0.25) is 9.59 Å². The quantitative estimate of drug-likeness (QED) is 0.780. The van der Waals surface area contributed by atoms with Crippen LogP contribution >= 0.6 is 0 Å². The first-order chi connectivity index (χ1) is 8.91. The van der Waals surface area contributed by atoms with Crippen LogP contribution in [-0.2, 0) is 0 Å². The number of halogens is 2. The first-order valence-corrected chi connectivity index (χ1v) is 5.48. The Morgan fingerprint density at radius 3 is 2.37 bits per heavy atom. The van der Waals surface area contributed by atoms with E-state index in [1.165, 1.54) is 19.9 Å². The molecule has 0 saturated heterocycles.